The van der Waals surface area contributed by atoms with E-state index in [1.165, 1.54) is 0 Å². The second-order valence-corrected chi connectivity index (χ2v) is 3.62. The maximum Gasteiger partial charge on any atom is 0.102 e. The Kier molecular flexibility index (Phi) is 2.79. The second kappa shape index (κ2) is 4.24. The minimum atomic E-state index is 0.928. The molecule has 0 aliphatic rings. The zero-order valence-corrected chi connectivity index (χ0v) is 8.66. The van der Waals surface area contributed by atoms with Crippen molar-refractivity contribution in [1.29, 1.82) is 0 Å². The molecule has 0 saturated heterocycles. The van der Waals surface area contributed by atoms with Crippen molar-refractivity contribution < 1.29 is 0 Å². The van der Waals surface area contributed by atoms with Crippen LogP contribution in [0.3, 0.4) is 0 Å². The van der Waals surface area contributed by atoms with Crippen molar-refractivity contribution in [2.45, 2.75) is 4.90 Å². The van der Waals surface area contributed by atoms with Gasteiger partial charge in [0.25, 0.3) is 0 Å². The molecular formula is C11H10N2S. The number of aromatic nitrogens is 2. The summed E-state index contributed by atoms with van der Waals surface area (Å²) in [6, 6.07) is 9.86. The van der Waals surface area contributed by atoms with Crippen LogP contribution in [0.15, 0.2) is 47.6 Å². The van der Waals surface area contributed by atoms with E-state index in [1.54, 1.807) is 24.2 Å². The highest BCUT2D eigenvalue weighted by molar-refractivity contribution is 7.98. The van der Waals surface area contributed by atoms with Crippen LogP contribution in [0.25, 0.3) is 11.4 Å². The van der Waals surface area contributed by atoms with Gasteiger partial charge in [0.05, 0.1) is 5.69 Å². The first-order valence-corrected chi connectivity index (χ1v) is 5.54. The highest BCUT2D eigenvalue weighted by atomic mass is 32.2. The highest BCUT2D eigenvalue weighted by Gasteiger charge is 2.04. The summed E-state index contributed by atoms with van der Waals surface area (Å²) in [5.41, 5.74) is 1.89. The SMILES string of the molecule is CSc1cccnc1-c1ccccn1. The zero-order valence-electron chi connectivity index (χ0n) is 7.84. The second-order valence-electron chi connectivity index (χ2n) is 2.77. The molecule has 2 aromatic rings. The third-order valence-corrected chi connectivity index (χ3v) is 2.67. The summed E-state index contributed by atoms with van der Waals surface area (Å²) in [7, 11) is 0. The van der Waals surface area contributed by atoms with Gasteiger partial charge in [0.1, 0.15) is 5.69 Å². The Morgan fingerprint density at radius 3 is 2.57 bits per heavy atom. The van der Waals surface area contributed by atoms with Crippen LogP contribution in [0, 0.1) is 0 Å². The number of hydrogen-bond acceptors (Lipinski definition) is 3. The van der Waals surface area contributed by atoms with Gasteiger partial charge in [-0.15, -0.1) is 11.8 Å². The van der Waals surface area contributed by atoms with Gasteiger partial charge in [-0.2, -0.15) is 0 Å². The highest BCUT2D eigenvalue weighted by Crippen LogP contribution is 2.25. The summed E-state index contributed by atoms with van der Waals surface area (Å²) in [6.07, 6.45) is 5.63. The van der Waals surface area contributed by atoms with Crippen molar-refractivity contribution in [2.75, 3.05) is 6.26 Å². The minimum Gasteiger partial charge on any atom is -0.255 e. The smallest absolute Gasteiger partial charge is 0.102 e. The van der Waals surface area contributed by atoms with E-state index in [0.29, 0.717) is 0 Å². The largest absolute Gasteiger partial charge is 0.255 e. The Labute approximate surface area is 87.4 Å². The van der Waals surface area contributed by atoms with Crippen molar-refractivity contribution in [3.8, 4) is 11.4 Å². The lowest BCUT2D eigenvalue weighted by molar-refractivity contribution is 1.19. The van der Waals surface area contributed by atoms with Gasteiger partial charge in [0, 0.05) is 17.3 Å². The van der Waals surface area contributed by atoms with Crippen LogP contribution in [0.2, 0.25) is 0 Å². The molecule has 2 heterocycles. The van der Waals surface area contributed by atoms with Gasteiger partial charge >= 0.3 is 0 Å². The third-order valence-electron chi connectivity index (χ3n) is 1.90. The molecule has 0 atom stereocenters. The molecule has 0 aromatic carbocycles. The van der Waals surface area contributed by atoms with Crippen LogP contribution in [-0.4, -0.2) is 16.2 Å². The lowest BCUT2D eigenvalue weighted by Crippen LogP contribution is -1.88. The van der Waals surface area contributed by atoms with Gasteiger partial charge in [-0.3, -0.25) is 9.97 Å². The van der Waals surface area contributed by atoms with E-state index in [4.69, 9.17) is 0 Å². The summed E-state index contributed by atoms with van der Waals surface area (Å²) >= 11 is 1.69. The van der Waals surface area contributed by atoms with Crippen LogP contribution in [0.4, 0.5) is 0 Å². The molecule has 0 radical (unpaired) electrons. The topological polar surface area (TPSA) is 25.8 Å². The molecule has 2 aromatic heterocycles. The number of thioether (sulfide) groups is 1. The molecule has 0 spiro atoms. The maximum absolute atomic E-state index is 4.34. The number of pyridine rings is 2. The molecule has 0 bridgehead atoms. The Morgan fingerprint density at radius 1 is 1.00 bits per heavy atom. The van der Waals surface area contributed by atoms with Crippen molar-refractivity contribution in [1.82, 2.24) is 9.97 Å². The van der Waals surface area contributed by atoms with Crippen LogP contribution < -0.4 is 0 Å². The molecule has 70 valence electrons. The van der Waals surface area contributed by atoms with E-state index in [9.17, 15) is 0 Å². The average molecular weight is 202 g/mol. The minimum absolute atomic E-state index is 0.928. The van der Waals surface area contributed by atoms with Gasteiger partial charge in [-0.05, 0) is 30.5 Å². The van der Waals surface area contributed by atoms with Crippen LogP contribution >= 0.6 is 11.8 Å². The van der Waals surface area contributed by atoms with E-state index in [-0.39, 0.29) is 0 Å². The molecular weight excluding hydrogens is 192 g/mol. The Balaban J connectivity index is 2.51. The Hall–Kier alpha value is -1.35. The van der Waals surface area contributed by atoms with Crippen molar-refractivity contribution in [3.63, 3.8) is 0 Å². The molecule has 0 N–H and O–H groups in total. The molecule has 0 saturated carbocycles. The first kappa shape index (κ1) is 9.21. The zero-order chi connectivity index (χ0) is 9.80. The molecule has 2 rings (SSSR count). The quantitative estimate of drug-likeness (QED) is 0.700. The van der Waals surface area contributed by atoms with E-state index in [1.807, 2.05) is 30.5 Å². The first-order valence-electron chi connectivity index (χ1n) is 4.32. The fraction of sp³-hybridized carbons (Fsp3) is 0.0909. The summed E-state index contributed by atoms with van der Waals surface area (Å²) in [5, 5.41) is 0. The number of hydrogen-bond donors (Lipinski definition) is 0. The van der Waals surface area contributed by atoms with Gasteiger partial charge < -0.3 is 0 Å². The molecule has 14 heavy (non-hydrogen) atoms. The normalized spacial score (nSPS) is 10.1. The van der Waals surface area contributed by atoms with Crippen molar-refractivity contribution in [3.05, 3.63) is 42.7 Å². The maximum atomic E-state index is 4.34. The summed E-state index contributed by atoms with van der Waals surface area (Å²) < 4.78 is 0. The van der Waals surface area contributed by atoms with E-state index in [0.717, 1.165) is 16.3 Å². The Morgan fingerprint density at radius 2 is 1.86 bits per heavy atom. The standard InChI is InChI=1S/C11H10N2S/c1-14-10-6-4-8-13-11(10)9-5-2-3-7-12-9/h2-8H,1H3. The monoisotopic (exact) mass is 202 g/mol. The van der Waals surface area contributed by atoms with Crippen molar-refractivity contribution in [2.24, 2.45) is 0 Å². The predicted octanol–water partition coefficient (Wildman–Crippen LogP) is 2.87. The summed E-state index contributed by atoms with van der Waals surface area (Å²) in [4.78, 5) is 9.78. The molecule has 0 fully saturated rings. The fourth-order valence-corrected chi connectivity index (χ4v) is 1.82. The van der Waals surface area contributed by atoms with E-state index in [2.05, 4.69) is 16.0 Å². The molecule has 2 nitrogen and oxygen atoms in total. The molecule has 0 unspecified atom stereocenters. The lowest BCUT2D eigenvalue weighted by atomic mass is 10.2. The fourth-order valence-electron chi connectivity index (χ4n) is 1.25. The van der Waals surface area contributed by atoms with Gasteiger partial charge in [-0.1, -0.05) is 6.07 Å². The van der Waals surface area contributed by atoms with Gasteiger partial charge in [0.15, 0.2) is 0 Å². The van der Waals surface area contributed by atoms with Gasteiger partial charge in [-0.25, -0.2) is 0 Å². The molecule has 3 heteroatoms. The van der Waals surface area contributed by atoms with Crippen LogP contribution in [0.1, 0.15) is 0 Å². The first-order chi connectivity index (χ1) is 6.92. The Bertz CT molecular complexity index is 415. The molecule has 0 aliphatic carbocycles. The van der Waals surface area contributed by atoms with Gasteiger partial charge in [0.2, 0.25) is 0 Å². The average Bonchev–Trinajstić information content (AvgIpc) is 2.30. The van der Waals surface area contributed by atoms with Crippen LogP contribution in [-0.2, 0) is 0 Å². The van der Waals surface area contributed by atoms with Crippen molar-refractivity contribution >= 4 is 11.8 Å². The summed E-state index contributed by atoms with van der Waals surface area (Å²) in [6.45, 7) is 0. The number of rotatable bonds is 2. The predicted molar refractivity (Wildman–Crippen MR) is 59.2 cm³/mol. The summed E-state index contributed by atoms with van der Waals surface area (Å²) in [5.74, 6) is 0. The van der Waals surface area contributed by atoms with Crippen LogP contribution in [0.5, 0.6) is 0 Å². The number of nitrogens with zero attached hydrogens (tertiary/aromatic N) is 2. The van der Waals surface area contributed by atoms with E-state index < -0.39 is 0 Å². The van der Waals surface area contributed by atoms with E-state index >= 15 is 0 Å². The molecule has 0 aliphatic heterocycles. The third kappa shape index (κ3) is 1.77. The molecule has 0 amide bonds. The lowest BCUT2D eigenvalue weighted by Gasteiger charge is -2.03.